The first kappa shape index (κ1) is 23.2. The first-order valence-electron chi connectivity index (χ1n) is 12.3. The van der Waals surface area contributed by atoms with Gasteiger partial charge in [-0.25, -0.2) is 19.6 Å². The lowest BCUT2D eigenvalue weighted by atomic mass is 10.2. The van der Waals surface area contributed by atoms with Gasteiger partial charge in [-0.2, -0.15) is 10.2 Å². The lowest BCUT2D eigenvalue weighted by Gasteiger charge is -2.16. The van der Waals surface area contributed by atoms with Crippen LogP contribution >= 0.6 is 0 Å². The summed E-state index contributed by atoms with van der Waals surface area (Å²) >= 11 is 0. The minimum Gasteiger partial charge on any atom is -0.477 e. The van der Waals surface area contributed by atoms with E-state index in [0.29, 0.717) is 29.9 Å². The van der Waals surface area contributed by atoms with Gasteiger partial charge in [0, 0.05) is 37.3 Å². The number of aromatic nitrogens is 7. The van der Waals surface area contributed by atoms with Gasteiger partial charge in [0.2, 0.25) is 5.88 Å². The van der Waals surface area contributed by atoms with E-state index in [2.05, 4.69) is 50.2 Å². The number of furan rings is 1. The standard InChI is InChI=1S/C26H29N9O2/c1-15-10-20(37-21(15)14-33(3)4)24-17-12-28-23-11-19(17)35(32-24)16(2)7-9-36-26-18(13-29-34(26)5)25-27-8-6-22(30-23)31-25/h6,8,10-13,16H,7,9,14H2,1-5H3,(H,27,28,30,31)/t16-/m0/s1. The number of aryl methyl sites for hydroxylation is 2. The summed E-state index contributed by atoms with van der Waals surface area (Å²) in [6.45, 7) is 5.41. The van der Waals surface area contributed by atoms with Crippen LogP contribution in [0.4, 0.5) is 11.6 Å². The number of pyridine rings is 1. The molecule has 0 saturated heterocycles. The Kier molecular flexibility index (Phi) is 5.64. The predicted octanol–water partition coefficient (Wildman–Crippen LogP) is 4.34. The molecule has 0 unspecified atom stereocenters. The Morgan fingerprint density at radius 3 is 2.86 bits per heavy atom. The third-order valence-corrected chi connectivity index (χ3v) is 6.53. The molecule has 5 aromatic rings. The van der Waals surface area contributed by atoms with Crippen molar-refractivity contribution >= 4 is 22.5 Å². The molecule has 0 radical (unpaired) electrons. The molecule has 37 heavy (non-hydrogen) atoms. The van der Waals surface area contributed by atoms with Gasteiger partial charge in [-0.15, -0.1) is 0 Å². The molecule has 0 saturated carbocycles. The highest BCUT2D eigenvalue weighted by molar-refractivity contribution is 5.93. The molecule has 11 heteroatoms. The largest absolute Gasteiger partial charge is 0.477 e. The minimum absolute atomic E-state index is 0.0532. The van der Waals surface area contributed by atoms with Crippen LogP contribution in [0, 0.1) is 6.92 Å². The predicted molar refractivity (Wildman–Crippen MR) is 140 cm³/mol. The zero-order chi connectivity index (χ0) is 25.7. The maximum absolute atomic E-state index is 6.27. The van der Waals surface area contributed by atoms with Crippen LogP contribution in [0.5, 0.6) is 5.88 Å². The Labute approximate surface area is 214 Å². The van der Waals surface area contributed by atoms with E-state index in [1.165, 1.54) is 0 Å². The number of anilines is 2. The van der Waals surface area contributed by atoms with Crippen LogP contribution in [0.1, 0.15) is 30.7 Å². The molecule has 0 amide bonds. The normalized spacial score (nSPS) is 15.5. The fourth-order valence-electron chi connectivity index (χ4n) is 4.59. The minimum atomic E-state index is 0.0532. The molecule has 1 aliphatic rings. The van der Waals surface area contributed by atoms with Gasteiger partial charge in [0.05, 0.1) is 30.9 Å². The average Bonchev–Trinajstić information content (AvgIpc) is 3.53. The summed E-state index contributed by atoms with van der Waals surface area (Å²) in [6, 6.07) is 5.92. The number of hydrogen-bond acceptors (Lipinski definition) is 9. The van der Waals surface area contributed by atoms with Gasteiger partial charge in [-0.3, -0.25) is 4.68 Å². The van der Waals surface area contributed by atoms with E-state index in [0.717, 1.165) is 52.2 Å². The van der Waals surface area contributed by atoms with Crippen LogP contribution in [0.25, 0.3) is 33.7 Å². The highest BCUT2D eigenvalue weighted by Gasteiger charge is 2.22. The van der Waals surface area contributed by atoms with E-state index in [1.54, 1.807) is 23.1 Å². The van der Waals surface area contributed by atoms with Crippen molar-refractivity contribution in [1.29, 1.82) is 0 Å². The van der Waals surface area contributed by atoms with Crippen LogP contribution in [0.3, 0.4) is 0 Å². The van der Waals surface area contributed by atoms with Gasteiger partial charge < -0.3 is 19.4 Å². The molecule has 4 bridgehead atoms. The van der Waals surface area contributed by atoms with Crippen molar-refractivity contribution in [1.82, 2.24) is 39.4 Å². The Morgan fingerprint density at radius 2 is 2.03 bits per heavy atom. The van der Waals surface area contributed by atoms with E-state index in [4.69, 9.17) is 14.3 Å². The summed E-state index contributed by atoms with van der Waals surface area (Å²) in [5.41, 5.74) is 3.57. The highest BCUT2D eigenvalue weighted by atomic mass is 16.5. The van der Waals surface area contributed by atoms with E-state index in [1.807, 2.05) is 38.1 Å². The van der Waals surface area contributed by atoms with Crippen LogP contribution in [0.15, 0.2) is 41.2 Å². The van der Waals surface area contributed by atoms with E-state index in [9.17, 15) is 0 Å². The van der Waals surface area contributed by atoms with E-state index >= 15 is 0 Å². The monoisotopic (exact) mass is 499 g/mol. The van der Waals surface area contributed by atoms with Crippen molar-refractivity contribution in [2.45, 2.75) is 32.9 Å². The lowest BCUT2D eigenvalue weighted by Crippen LogP contribution is -2.13. The van der Waals surface area contributed by atoms with Crippen LogP contribution in [0.2, 0.25) is 0 Å². The molecule has 11 nitrogen and oxygen atoms in total. The number of nitrogens with zero attached hydrogens (tertiary/aromatic N) is 8. The molecule has 0 aliphatic carbocycles. The summed E-state index contributed by atoms with van der Waals surface area (Å²) in [5, 5.41) is 13.6. The maximum Gasteiger partial charge on any atom is 0.222 e. The van der Waals surface area contributed by atoms with Gasteiger partial charge in [0.1, 0.15) is 28.7 Å². The molecule has 0 spiro atoms. The Morgan fingerprint density at radius 1 is 1.16 bits per heavy atom. The topological polar surface area (TPSA) is 112 Å². The first-order valence-corrected chi connectivity index (χ1v) is 12.3. The van der Waals surface area contributed by atoms with E-state index < -0.39 is 0 Å². The van der Waals surface area contributed by atoms with Gasteiger partial charge in [0.25, 0.3) is 0 Å². The van der Waals surface area contributed by atoms with Crippen LogP contribution in [-0.4, -0.2) is 60.1 Å². The van der Waals surface area contributed by atoms with Crippen molar-refractivity contribution in [3.05, 3.63) is 48.1 Å². The smallest absolute Gasteiger partial charge is 0.222 e. The fourth-order valence-corrected chi connectivity index (χ4v) is 4.59. The SMILES string of the molecule is Cc1cc(-c2nn3c4cc(ncc24)Nc2ccnc(n2)-c2cnn(C)c2OCC[C@@H]3C)oc1CN(C)C. The molecular formula is C26H29N9O2. The summed E-state index contributed by atoms with van der Waals surface area (Å²) in [7, 11) is 5.90. The second kappa shape index (κ2) is 9.00. The average molecular weight is 500 g/mol. The third kappa shape index (κ3) is 4.20. The first-order chi connectivity index (χ1) is 17.9. The molecular weight excluding hydrogens is 470 g/mol. The quantitative estimate of drug-likeness (QED) is 0.387. The van der Waals surface area contributed by atoms with Crippen molar-refractivity contribution < 1.29 is 9.15 Å². The Hall–Kier alpha value is -4.25. The van der Waals surface area contributed by atoms with Crippen molar-refractivity contribution in [3.63, 3.8) is 0 Å². The molecule has 0 aromatic carbocycles. The molecule has 1 aliphatic heterocycles. The zero-order valence-corrected chi connectivity index (χ0v) is 21.6. The zero-order valence-electron chi connectivity index (χ0n) is 21.6. The Balaban J connectivity index is 1.47. The number of fused-ring (bicyclic) bond motifs is 5. The molecule has 0 fully saturated rings. The fraction of sp³-hybridized carbons (Fsp3) is 0.346. The lowest BCUT2D eigenvalue weighted by molar-refractivity contribution is 0.260. The molecule has 1 N–H and O–H groups in total. The molecule has 6 rings (SSSR count). The summed E-state index contributed by atoms with van der Waals surface area (Å²) in [5.74, 6) is 4.12. The molecule has 6 heterocycles. The molecule has 1 atom stereocenters. The maximum atomic E-state index is 6.27. The number of hydrogen-bond donors (Lipinski definition) is 1. The van der Waals surface area contributed by atoms with Gasteiger partial charge >= 0.3 is 0 Å². The summed E-state index contributed by atoms with van der Waals surface area (Å²) in [6.07, 6.45) is 6.01. The molecule has 5 aromatic heterocycles. The van der Waals surface area contributed by atoms with Gasteiger partial charge in [-0.1, -0.05) is 0 Å². The van der Waals surface area contributed by atoms with Gasteiger partial charge in [0.15, 0.2) is 11.6 Å². The van der Waals surface area contributed by atoms with Crippen molar-refractivity contribution in [3.8, 4) is 28.7 Å². The van der Waals surface area contributed by atoms with Crippen LogP contribution < -0.4 is 10.1 Å². The molecule has 190 valence electrons. The Bertz CT molecular complexity index is 1600. The highest BCUT2D eigenvalue weighted by Crippen LogP contribution is 2.35. The second-order valence-electron chi connectivity index (χ2n) is 9.70. The second-order valence-corrected chi connectivity index (χ2v) is 9.70. The number of rotatable bonds is 3. The number of ether oxygens (including phenoxy) is 1. The van der Waals surface area contributed by atoms with Crippen LogP contribution in [-0.2, 0) is 13.6 Å². The third-order valence-electron chi connectivity index (χ3n) is 6.53. The summed E-state index contributed by atoms with van der Waals surface area (Å²) < 4.78 is 16.2. The van der Waals surface area contributed by atoms with E-state index in [-0.39, 0.29) is 6.04 Å². The summed E-state index contributed by atoms with van der Waals surface area (Å²) in [4.78, 5) is 15.9. The van der Waals surface area contributed by atoms with Crippen molar-refractivity contribution in [2.24, 2.45) is 7.05 Å². The van der Waals surface area contributed by atoms with Gasteiger partial charge in [-0.05, 0) is 45.6 Å². The van der Waals surface area contributed by atoms with Crippen molar-refractivity contribution in [2.75, 3.05) is 26.0 Å². The number of nitrogens with one attached hydrogen (secondary N) is 1.